The summed E-state index contributed by atoms with van der Waals surface area (Å²) in [6.07, 6.45) is -0.172. The van der Waals surface area contributed by atoms with Gasteiger partial charge in [0.15, 0.2) is 0 Å². The molecule has 1 aromatic carbocycles. The molecule has 1 aliphatic heterocycles. The van der Waals surface area contributed by atoms with Crippen molar-refractivity contribution in [2.75, 3.05) is 7.05 Å². The van der Waals surface area contributed by atoms with Crippen molar-refractivity contribution in [3.05, 3.63) is 50.3 Å². The standard InChI is InChI=1S/C14H10N4O5/c1-17-13(20)10(16-14(17)21)6-8-7-2-5-12(19)15-9(7)3-4-11(8)18(22)23/h2-5H,6H2,1H3,(H,15,19). The molecule has 0 atom stereocenters. The molecule has 1 aromatic heterocycles. The zero-order chi connectivity index (χ0) is 16.7. The summed E-state index contributed by atoms with van der Waals surface area (Å²) >= 11 is 0. The van der Waals surface area contributed by atoms with Crippen LogP contribution in [0.2, 0.25) is 0 Å². The highest BCUT2D eigenvalue weighted by molar-refractivity contribution is 6.46. The number of imide groups is 1. The summed E-state index contributed by atoms with van der Waals surface area (Å²) in [7, 11) is 1.29. The smallest absolute Gasteiger partial charge is 0.322 e. The summed E-state index contributed by atoms with van der Waals surface area (Å²) in [6, 6.07) is 4.65. The van der Waals surface area contributed by atoms with Gasteiger partial charge in [0.05, 0.1) is 4.92 Å². The highest BCUT2D eigenvalue weighted by Crippen LogP contribution is 2.28. The summed E-state index contributed by atoms with van der Waals surface area (Å²) in [5, 5.41) is 11.7. The Morgan fingerprint density at radius 3 is 2.57 bits per heavy atom. The monoisotopic (exact) mass is 314 g/mol. The quantitative estimate of drug-likeness (QED) is 0.668. The van der Waals surface area contributed by atoms with Crippen LogP contribution in [0.25, 0.3) is 10.9 Å². The van der Waals surface area contributed by atoms with Gasteiger partial charge in [0.1, 0.15) is 5.71 Å². The number of nitrogens with zero attached hydrogens (tertiary/aromatic N) is 3. The summed E-state index contributed by atoms with van der Waals surface area (Å²) in [6.45, 7) is 0. The molecule has 1 N–H and O–H groups in total. The van der Waals surface area contributed by atoms with Crippen LogP contribution in [0, 0.1) is 10.1 Å². The maximum Gasteiger partial charge on any atom is 0.350 e. The molecule has 116 valence electrons. The number of nitro groups is 1. The normalized spacial score (nSPS) is 14.5. The third-order valence-electron chi connectivity index (χ3n) is 3.60. The van der Waals surface area contributed by atoms with E-state index < -0.39 is 16.9 Å². The van der Waals surface area contributed by atoms with Crippen LogP contribution in [0.1, 0.15) is 5.56 Å². The Balaban J connectivity index is 2.19. The van der Waals surface area contributed by atoms with E-state index in [0.29, 0.717) is 10.9 Å². The van der Waals surface area contributed by atoms with Gasteiger partial charge in [-0.15, -0.1) is 0 Å². The zero-order valence-electron chi connectivity index (χ0n) is 11.9. The Labute approximate surface area is 128 Å². The first-order valence-electron chi connectivity index (χ1n) is 6.57. The number of nitro benzene ring substituents is 1. The van der Waals surface area contributed by atoms with Gasteiger partial charge in [-0.2, -0.15) is 4.99 Å². The molecule has 0 unspecified atom stereocenters. The summed E-state index contributed by atoms with van der Waals surface area (Å²) < 4.78 is 0. The van der Waals surface area contributed by atoms with Gasteiger partial charge in [-0.1, -0.05) is 0 Å². The third kappa shape index (κ3) is 2.37. The second kappa shape index (κ2) is 5.13. The lowest BCUT2D eigenvalue weighted by molar-refractivity contribution is -0.385. The number of aromatic amines is 1. The number of pyridine rings is 1. The molecule has 0 radical (unpaired) electrons. The molecule has 0 aliphatic carbocycles. The van der Waals surface area contributed by atoms with E-state index in [4.69, 9.17) is 0 Å². The number of H-pyrrole nitrogens is 1. The molecule has 23 heavy (non-hydrogen) atoms. The molecule has 0 saturated carbocycles. The Kier molecular flexibility index (Phi) is 3.25. The van der Waals surface area contributed by atoms with Crippen LogP contribution < -0.4 is 5.56 Å². The van der Waals surface area contributed by atoms with Crippen molar-refractivity contribution in [3.63, 3.8) is 0 Å². The number of aromatic nitrogens is 1. The molecule has 0 fully saturated rings. The van der Waals surface area contributed by atoms with E-state index in [1.54, 1.807) is 0 Å². The van der Waals surface area contributed by atoms with Crippen molar-refractivity contribution in [2.24, 2.45) is 4.99 Å². The number of aliphatic imine (C=N–C) groups is 1. The largest absolute Gasteiger partial charge is 0.350 e. The maximum absolute atomic E-state index is 11.9. The predicted octanol–water partition coefficient (Wildman–Crippen LogP) is 1.01. The Bertz CT molecular complexity index is 959. The fourth-order valence-electron chi connectivity index (χ4n) is 2.44. The van der Waals surface area contributed by atoms with Crippen molar-refractivity contribution >= 4 is 34.2 Å². The first-order chi connectivity index (χ1) is 10.9. The van der Waals surface area contributed by atoms with Gasteiger partial charge in [0, 0.05) is 42.1 Å². The number of carbonyl (C=O) groups is 2. The first-order valence-corrected chi connectivity index (χ1v) is 6.57. The average Bonchev–Trinajstić information content (AvgIpc) is 2.74. The van der Waals surface area contributed by atoms with Gasteiger partial charge in [0.2, 0.25) is 5.56 Å². The molecule has 2 heterocycles. The number of rotatable bonds is 3. The van der Waals surface area contributed by atoms with E-state index in [-0.39, 0.29) is 28.9 Å². The maximum atomic E-state index is 11.9. The molecule has 0 saturated heterocycles. The zero-order valence-corrected chi connectivity index (χ0v) is 11.9. The highest BCUT2D eigenvalue weighted by Gasteiger charge is 2.31. The van der Waals surface area contributed by atoms with Crippen molar-refractivity contribution in [2.45, 2.75) is 6.42 Å². The molecule has 2 aromatic rings. The minimum Gasteiger partial charge on any atom is -0.322 e. The molecular formula is C14H10N4O5. The van der Waals surface area contributed by atoms with Crippen LogP contribution in [0.4, 0.5) is 10.5 Å². The van der Waals surface area contributed by atoms with E-state index in [2.05, 4.69) is 9.98 Å². The fraction of sp³-hybridized carbons (Fsp3) is 0.143. The van der Waals surface area contributed by atoms with Crippen molar-refractivity contribution in [1.29, 1.82) is 0 Å². The van der Waals surface area contributed by atoms with Crippen LogP contribution in [-0.2, 0) is 11.2 Å². The lowest BCUT2D eigenvalue weighted by Crippen LogP contribution is -2.29. The number of hydrogen-bond donors (Lipinski definition) is 1. The van der Waals surface area contributed by atoms with Gasteiger partial charge in [-0.25, -0.2) is 4.79 Å². The van der Waals surface area contributed by atoms with E-state index >= 15 is 0 Å². The number of fused-ring (bicyclic) bond motifs is 1. The number of urea groups is 1. The van der Waals surface area contributed by atoms with Crippen LogP contribution in [-0.4, -0.2) is 39.5 Å². The van der Waals surface area contributed by atoms with Gasteiger partial charge >= 0.3 is 6.03 Å². The molecule has 9 nitrogen and oxygen atoms in total. The Morgan fingerprint density at radius 2 is 1.96 bits per heavy atom. The minimum atomic E-state index is -0.707. The second-order valence-corrected chi connectivity index (χ2v) is 4.99. The van der Waals surface area contributed by atoms with Crippen molar-refractivity contribution in [1.82, 2.24) is 9.88 Å². The summed E-state index contributed by atoms with van der Waals surface area (Å²) in [4.78, 5) is 52.5. The van der Waals surface area contributed by atoms with E-state index in [1.807, 2.05) is 0 Å². The second-order valence-electron chi connectivity index (χ2n) is 4.99. The topological polar surface area (TPSA) is 126 Å². The van der Waals surface area contributed by atoms with E-state index in [1.165, 1.54) is 31.3 Å². The van der Waals surface area contributed by atoms with E-state index in [0.717, 1.165) is 4.90 Å². The predicted molar refractivity (Wildman–Crippen MR) is 80.5 cm³/mol. The van der Waals surface area contributed by atoms with Crippen LogP contribution in [0.3, 0.4) is 0 Å². The summed E-state index contributed by atoms with van der Waals surface area (Å²) in [5.41, 5.74) is 0.00521. The molecular weight excluding hydrogens is 304 g/mol. The molecule has 0 bridgehead atoms. The number of amides is 3. The average molecular weight is 314 g/mol. The summed E-state index contributed by atoms with van der Waals surface area (Å²) in [5.74, 6) is -0.592. The van der Waals surface area contributed by atoms with Crippen LogP contribution >= 0.6 is 0 Å². The van der Waals surface area contributed by atoms with Gasteiger partial charge in [-0.3, -0.25) is 24.6 Å². The highest BCUT2D eigenvalue weighted by atomic mass is 16.6. The Hall–Kier alpha value is -3.36. The van der Waals surface area contributed by atoms with E-state index in [9.17, 15) is 24.5 Å². The molecule has 3 rings (SSSR count). The molecule has 3 amide bonds. The van der Waals surface area contributed by atoms with Crippen LogP contribution in [0.15, 0.2) is 34.1 Å². The number of carbonyl (C=O) groups excluding carboxylic acids is 2. The molecule has 1 aliphatic rings. The lowest BCUT2D eigenvalue weighted by Gasteiger charge is -2.08. The molecule has 0 spiro atoms. The van der Waals surface area contributed by atoms with Gasteiger partial charge < -0.3 is 4.98 Å². The minimum absolute atomic E-state index is 0.0701. The molecule has 9 heteroatoms. The van der Waals surface area contributed by atoms with Crippen molar-refractivity contribution in [3.8, 4) is 0 Å². The number of hydrogen-bond acceptors (Lipinski definition) is 5. The third-order valence-corrected chi connectivity index (χ3v) is 3.60. The van der Waals surface area contributed by atoms with Crippen LogP contribution in [0.5, 0.6) is 0 Å². The van der Waals surface area contributed by atoms with Crippen molar-refractivity contribution < 1.29 is 14.5 Å². The number of nitrogens with one attached hydrogen (secondary N) is 1. The Morgan fingerprint density at radius 1 is 1.22 bits per heavy atom. The number of benzene rings is 1. The fourth-order valence-corrected chi connectivity index (χ4v) is 2.44. The van der Waals surface area contributed by atoms with Gasteiger partial charge in [0.25, 0.3) is 11.6 Å². The van der Waals surface area contributed by atoms with Gasteiger partial charge in [-0.05, 0) is 12.1 Å². The lowest BCUT2D eigenvalue weighted by atomic mass is 10.0. The first kappa shape index (κ1) is 14.6. The SMILES string of the molecule is CN1C(=O)N=C(Cc2c([N+](=O)[O-])ccc3[nH]c(=O)ccc23)C1=O.